The predicted molar refractivity (Wildman–Crippen MR) is 17.3 cm³/mol. The van der Waals surface area contributed by atoms with E-state index in [-0.39, 0.29) is 86.6 Å². The van der Waals surface area contributed by atoms with Gasteiger partial charge in [-0.1, -0.05) is 0 Å². The van der Waals surface area contributed by atoms with Crippen LogP contribution in [0.15, 0.2) is 0 Å². The van der Waals surface area contributed by atoms with E-state index in [1.54, 1.807) is 0 Å². The molecule has 0 spiro atoms. The van der Waals surface area contributed by atoms with Crippen molar-refractivity contribution < 1.29 is 15.1 Å². The molecule has 0 rings (SSSR count). The van der Waals surface area contributed by atoms with E-state index in [9.17, 15) is 0 Å². The summed E-state index contributed by atoms with van der Waals surface area (Å²) in [4.78, 5) is 0. The molecule has 0 unspecified atom stereocenters. The summed E-state index contributed by atoms with van der Waals surface area (Å²) in [6.45, 7) is 0. The van der Waals surface area contributed by atoms with Gasteiger partial charge in [-0.3, -0.25) is 7.32 Å². The van der Waals surface area contributed by atoms with E-state index in [0.717, 1.165) is 0 Å². The molecule has 0 bridgehead atoms. The molecule has 0 aliphatic rings. The van der Waals surface area contributed by atoms with E-state index >= 15 is 0 Å². The number of hydrogen-bond donors (Lipinski definition) is 0. The molecule has 0 aromatic carbocycles. The van der Waals surface area contributed by atoms with E-state index in [1.165, 1.54) is 0 Å². The van der Waals surface area contributed by atoms with Crippen LogP contribution in [-0.4, -0.2) is 93.9 Å². The Morgan fingerprint density at radius 1 is 1.00 bits per heavy atom. The van der Waals surface area contributed by atoms with E-state index in [4.69, 9.17) is 15.1 Å². The second-order valence-electron chi connectivity index (χ2n) is 0.289. The third kappa shape index (κ3) is 29.3. The molecule has 0 amide bonds. The molecule has 0 atom stereocenters. The molecule has 0 aliphatic carbocycles. The van der Waals surface area contributed by atoms with E-state index in [1.807, 2.05) is 0 Å². The Kier molecular flexibility index (Phi) is 28.4. The van der Waals surface area contributed by atoms with Gasteiger partial charge in [0.25, 0.3) is 0 Å². The van der Waals surface area contributed by atoms with Gasteiger partial charge in [-0.05, 0) is 0 Å². The summed E-state index contributed by atoms with van der Waals surface area (Å²) in [6, 6.07) is 0. The summed E-state index contributed by atoms with van der Waals surface area (Å²) in [7, 11) is -2.92. The number of hydrogen-bond acceptors (Lipinski definition) is 3. The molecule has 3 nitrogen and oxygen atoms in total. The van der Waals surface area contributed by atoms with Crippen molar-refractivity contribution in [1.82, 2.24) is 0 Å². The minimum atomic E-state index is -2.92. The van der Waals surface area contributed by atoms with Crippen LogP contribution < -0.4 is 15.1 Å². The maximum atomic E-state index is 8.42. The Labute approximate surface area is 106 Å². The first kappa shape index (κ1) is 15.9. The second-order valence-corrected chi connectivity index (χ2v) is 0.289. The van der Waals surface area contributed by atoms with Gasteiger partial charge in [0.05, 0.1) is 0 Å². The predicted octanol–water partition coefficient (Wildman–Crippen LogP) is -4.71. The number of rotatable bonds is 0. The molecule has 24 valence electrons. The molecule has 0 aromatic heterocycles. The van der Waals surface area contributed by atoms with Crippen LogP contribution in [0.1, 0.15) is 0 Å². The van der Waals surface area contributed by atoms with Gasteiger partial charge in [-0.2, -0.15) is 0 Å². The second kappa shape index (κ2) is 10.7. The normalized spacial score (nSPS) is 4.50. The SMILES string of the molecule is [Ba+2].[Ca+2].[O-]B([O-])[O-]. The molecule has 0 radical (unpaired) electrons. The molecule has 0 fully saturated rings. The fraction of sp³-hybridized carbons (Fsp3) is 0. The van der Waals surface area contributed by atoms with Crippen molar-refractivity contribution in [2.75, 3.05) is 0 Å². The zero-order chi connectivity index (χ0) is 3.58. The molecule has 0 saturated carbocycles. The summed E-state index contributed by atoms with van der Waals surface area (Å²) >= 11 is 0. The fourth-order valence-corrected chi connectivity index (χ4v) is 0. The molecular weight excluding hydrogens is 236 g/mol. The van der Waals surface area contributed by atoms with E-state index in [2.05, 4.69) is 0 Å². The third-order valence-electron chi connectivity index (χ3n) is 0. The van der Waals surface area contributed by atoms with E-state index < -0.39 is 7.32 Å². The first-order chi connectivity index (χ1) is 1.73. The molecule has 0 saturated heterocycles. The summed E-state index contributed by atoms with van der Waals surface area (Å²) in [6.07, 6.45) is 0. The van der Waals surface area contributed by atoms with E-state index in [0.29, 0.717) is 0 Å². The molecule has 0 aromatic rings. The summed E-state index contributed by atoms with van der Waals surface area (Å²) in [5, 5.41) is 25.2. The summed E-state index contributed by atoms with van der Waals surface area (Å²) in [5.74, 6) is 0. The first-order valence-corrected chi connectivity index (χ1v) is 0.707. The van der Waals surface area contributed by atoms with Crippen molar-refractivity contribution in [1.29, 1.82) is 0 Å². The third-order valence-corrected chi connectivity index (χ3v) is 0. The Balaban J connectivity index is -0.0000000450. The zero-order valence-electron chi connectivity index (χ0n) is 3.22. The smallest absolute Gasteiger partial charge is 0.907 e. The van der Waals surface area contributed by atoms with Crippen LogP contribution in [-0.2, 0) is 0 Å². The van der Waals surface area contributed by atoms with Gasteiger partial charge >= 0.3 is 86.6 Å². The molecule has 6 heteroatoms. The monoisotopic (exact) mass is 237 g/mol. The molecule has 0 N–H and O–H groups in total. The van der Waals surface area contributed by atoms with Crippen LogP contribution in [0, 0.1) is 0 Å². The van der Waals surface area contributed by atoms with Gasteiger partial charge in [-0.25, -0.2) is 0 Å². The van der Waals surface area contributed by atoms with Crippen LogP contribution in [0.5, 0.6) is 0 Å². The average Bonchev–Trinajstić information content (AvgIpc) is 0.811. The van der Waals surface area contributed by atoms with Crippen molar-refractivity contribution in [3.8, 4) is 0 Å². The minimum Gasteiger partial charge on any atom is -0.907 e. The maximum absolute atomic E-state index is 8.42. The topological polar surface area (TPSA) is 69.2 Å². The Morgan fingerprint density at radius 3 is 1.00 bits per heavy atom. The minimum absolute atomic E-state index is 0. The quantitative estimate of drug-likeness (QED) is 0.397. The average molecular weight is 236 g/mol. The summed E-state index contributed by atoms with van der Waals surface area (Å²) < 4.78 is 0. The summed E-state index contributed by atoms with van der Waals surface area (Å²) in [5.41, 5.74) is 0. The molecular formula is BBaCaO3+. The standard InChI is InChI=1S/BO3.Ba.Ca/c2-1(3)4;;/q-3;2*+2. The molecule has 0 aliphatic heterocycles. The van der Waals surface area contributed by atoms with Gasteiger partial charge in [0.1, 0.15) is 0 Å². The largest absolute Gasteiger partial charge is 2.00 e. The Bertz CT molecular complexity index is 15.5. The Morgan fingerprint density at radius 2 is 1.00 bits per heavy atom. The van der Waals surface area contributed by atoms with Crippen molar-refractivity contribution in [2.24, 2.45) is 0 Å². The zero-order valence-corrected chi connectivity index (χ0v) is 9.87. The first-order valence-electron chi connectivity index (χ1n) is 0.707. The van der Waals surface area contributed by atoms with Crippen LogP contribution in [0.25, 0.3) is 0 Å². The van der Waals surface area contributed by atoms with Crippen molar-refractivity contribution in [2.45, 2.75) is 0 Å². The maximum Gasteiger partial charge on any atom is 2.00 e. The van der Waals surface area contributed by atoms with Crippen LogP contribution in [0.4, 0.5) is 0 Å². The van der Waals surface area contributed by atoms with Crippen LogP contribution in [0.2, 0.25) is 0 Å². The molecule has 0 heterocycles. The van der Waals surface area contributed by atoms with Gasteiger partial charge in [0.15, 0.2) is 0 Å². The molecule has 6 heavy (non-hydrogen) atoms. The van der Waals surface area contributed by atoms with Crippen molar-refractivity contribution in [3.05, 3.63) is 0 Å². The van der Waals surface area contributed by atoms with Crippen LogP contribution >= 0.6 is 0 Å². The van der Waals surface area contributed by atoms with Crippen molar-refractivity contribution in [3.63, 3.8) is 0 Å². The van der Waals surface area contributed by atoms with Gasteiger partial charge in [0.2, 0.25) is 0 Å². The van der Waals surface area contributed by atoms with Gasteiger partial charge in [0, 0.05) is 0 Å². The van der Waals surface area contributed by atoms with Crippen molar-refractivity contribution >= 4 is 93.9 Å². The fourth-order valence-electron chi connectivity index (χ4n) is 0. The van der Waals surface area contributed by atoms with Gasteiger partial charge < -0.3 is 15.1 Å². The van der Waals surface area contributed by atoms with Crippen LogP contribution in [0.3, 0.4) is 0 Å². The van der Waals surface area contributed by atoms with Gasteiger partial charge in [-0.15, -0.1) is 0 Å². The Hall–Kier alpha value is 2.78.